The van der Waals surface area contributed by atoms with Crippen molar-refractivity contribution in [2.45, 2.75) is 0 Å². The zero-order chi connectivity index (χ0) is 16.8. The Kier molecular flexibility index (Phi) is 2.91. The lowest BCUT2D eigenvalue weighted by Gasteiger charge is -2.04. The molecule has 5 aromatic rings. The Morgan fingerprint density at radius 3 is 2.72 bits per heavy atom. The molecule has 0 fully saturated rings. The maximum absolute atomic E-state index is 10.5. The highest BCUT2D eigenvalue weighted by Gasteiger charge is 2.15. The summed E-state index contributed by atoms with van der Waals surface area (Å²) in [4.78, 5) is 7.76. The van der Waals surface area contributed by atoms with Crippen LogP contribution in [0.2, 0.25) is 0 Å². The molecule has 3 aromatic heterocycles. The lowest BCUT2D eigenvalue weighted by atomic mass is 10.0. The van der Waals surface area contributed by atoms with Gasteiger partial charge in [-0.25, -0.2) is 4.98 Å². The molecule has 3 heterocycles. The van der Waals surface area contributed by atoms with E-state index in [1.165, 1.54) is 0 Å². The summed E-state index contributed by atoms with van der Waals surface area (Å²) in [5, 5.41) is 12.5. The van der Waals surface area contributed by atoms with Gasteiger partial charge in [0.15, 0.2) is 5.88 Å². The minimum atomic E-state index is 0.127. The standard InChI is InChI=1S/C21H14N2O2/c24-21-20(19-8-5-13-3-1-2-4-17(13)22-19)16-11-14(6-7-18(16)23-21)15-9-10-25-12-15/h1-12,23-24H. The molecular formula is C21H14N2O2. The molecule has 0 spiro atoms. The molecule has 2 N–H and O–H groups in total. The fourth-order valence-electron chi connectivity index (χ4n) is 3.25. The maximum atomic E-state index is 10.5. The maximum Gasteiger partial charge on any atom is 0.199 e. The lowest BCUT2D eigenvalue weighted by molar-refractivity contribution is 0.460. The van der Waals surface area contributed by atoms with Gasteiger partial charge in [-0.15, -0.1) is 0 Å². The van der Waals surface area contributed by atoms with Gasteiger partial charge in [-0.2, -0.15) is 0 Å². The predicted octanol–water partition coefficient (Wildman–Crippen LogP) is 5.35. The number of hydrogen-bond acceptors (Lipinski definition) is 3. The quantitative estimate of drug-likeness (QED) is 0.460. The van der Waals surface area contributed by atoms with Crippen LogP contribution in [0.4, 0.5) is 0 Å². The topological polar surface area (TPSA) is 62.0 Å². The minimum absolute atomic E-state index is 0.127. The van der Waals surface area contributed by atoms with Crippen molar-refractivity contribution in [2.75, 3.05) is 0 Å². The van der Waals surface area contributed by atoms with E-state index in [2.05, 4.69) is 4.98 Å². The van der Waals surface area contributed by atoms with Crippen molar-refractivity contribution < 1.29 is 9.52 Å². The van der Waals surface area contributed by atoms with Gasteiger partial charge in [-0.05, 0) is 35.9 Å². The van der Waals surface area contributed by atoms with E-state index in [1.807, 2.05) is 60.7 Å². The van der Waals surface area contributed by atoms with E-state index in [-0.39, 0.29) is 5.88 Å². The number of para-hydroxylation sites is 1. The second-order valence-corrected chi connectivity index (χ2v) is 6.01. The Labute approximate surface area is 143 Å². The van der Waals surface area contributed by atoms with E-state index in [4.69, 9.17) is 9.40 Å². The number of hydrogen-bond donors (Lipinski definition) is 2. The molecule has 0 aliphatic heterocycles. The summed E-state index contributed by atoms with van der Waals surface area (Å²) >= 11 is 0. The van der Waals surface area contributed by atoms with Crippen molar-refractivity contribution in [2.24, 2.45) is 0 Å². The highest BCUT2D eigenvalue weighted by molar-refractivity contribution is 6.01. The first-order valence-corrected chi connectivity index (χ1v) is 8.03. The molecule has 0 unspecified atom stereocenters. The number of rotatable bonds is 2. The molecule has 120 valence electrons. The molecule has 0 atom stereocenters. The number of aromatic amines is 1. The highest BCUT2D eigenvalue weighted by Crippen LogP contribution is 2.38. The van der Waals surface area contributed by atoms with Crippen molar-refractivity contribution in [3.63, 3.8) is 0 Å². The third-order valence-electron chi connectivity index (χ3n) is 4.49. The summed E-state index contributed by atoms with van der Waals surface area (Å²) in [5.74, 6) is 0.127. The second kappa shape index (κ2) is 5.24. The number of pyridine rings is 1. The van der Waals surface area contributed by atoms with Crippen LogP contribution in [0.1, 0.15) is 0 Å². The Bertz CT molecular complexity index is 1200. The number of nitrogens with zero attached hydrogens (tertiary/aromatic N) is 1. The molecule has 2 aromatic carbocycles. The number of furan rings is 1. The summed E-state index contributed by atoms with van der Waals surface area (Å²) < 4.78 is 5.18. The zero-order valence-corrected chi connectivity index (χ0v) is 13.2. The van der Waals surface area contributed by atoms with Gasteiger partial charge in [0.05, 0.1) is 29.3 Å². The fourth-order valence-corrected chi connectivity index (χ4v) is 3.25. The minimum Gasteiger partial charge on any atom is -0.494 e. The number of benzene rings is 2. The van der Waals surface area contributed by atoms with E-state index >= 15 is 0 Å². The third-order valence-corrected chi connectivity index (χ3v) is 4.49. The molecule has 0 bridgehead atoms. The number of fused-ring (bicyclic) bond motifs is 2. The number of H-pyrrole nitrogens is 1. The third kappa shape index (κ3) is 2.19. The van der Waals surface area contributed by atoms with Gasteiger partial charge in [0.1, 0.15) is 0 Å². The monoisotopic (exact) mass is 326 g/mol. The SMILES string of the molecule is Oc1[nH]c2ccc(-c3ccoc3)cc2c1-c1ccc2ccccc2n1. The Hall–Kier alpha value is -3.53. The Balaban J connectivity index is 1.76. The summed E-state index contributed by atoms with van der Waals surface area (Å²) in [5.41, 5.74) is 5.26. The van der Waals surface area contributed by atoms with Crippen LogP contribution in [0.3, 0.4) is 0 Å². The van der Waals surface area contributed by atoms with E-state index in [9.17, 15) is 5.11 Å². The van der Waals surface area contributed by atoms with Crippen LogP contribution >= 0.6 is 0 Å². The van der Waals surface area contributed by atoms with Gasteiger partial charge in [-0.3, -0.25) is 0 Å². The molecule has 0 amide bonds. The molecule has 4 heteroatoms. The van der Waals surface area contributed by atoms with Gasteiger partial charge >= 0.3 is 0 Å². The van der Waals surface area contributed by atoms with Crippen LogP contribution in [0.5, 0.6) is 5.88 Å². The Morgan fingerprint density at radius 2 is 1.84 bits per heavy atom. The van der Waals surface area contributed by atoms with Crippen LogP contribution in [-0.2, 0) is 0 Å². The van der Waals surface area contributed by atoms with Crippen molar-refractivity contribution in [1.82, 2.24) is 9.97 Å². The first kappa shape index (κ1) is 13.9. The molecule has 0 saturated carbocycles. The molecule has 0 aliphatic carbocycles. The summed E-state index contributed by atoms with van der Waals surface area (Å²) in [6.07, 6.45) is 3.36. The van der Waals surface area contributed by atoms with Crippen molar-refractivity contribution in [3.8, 4) is 28.3 Å². The fraction of sp³-hybridized carbons (Fsp3) is 0. The Morgan fingerprint density at radius 1 is 0.920 bits per heavy atom. The smallest absolute Gasteiger partial charge is 0.199 e. The van der Waals surface area contributed by atoms with E-state index < -0.39 is 0 Å². The van der Waals surface area contributed by atoms with Crippen LogP contribution in [0.25, 0.3) is 44.2 Å². The van der Waals surface area contributed by atoms with E-state index in [0.717, 1.165) is 38.6 Å². The summed E-state index contributed by atoms with van der Waals surface area (Å²) in [6, 6.07) is 19.8. The van der Waals surface area contributed by atoms with Gasteiger partial charge < -0.3 is 14.5 Å². The molecule has 25 heavy (non-hydrogen) atoms. The number of aromatic hydroxyl groups is 1. The highest BCUT2D eigenvalue weighted by atomic mass is 16.3. The van der Waals surface area contributed by atoms with E-state index in [1.54, 1.807) is 12.5 Å². The molecular weight excluding hydrogens is 312 g/mol. The average Bonchev–Trinajstić information content (AvgIpc) is 3.28. The van der Waals surface area contributed by atoms with Crippen molar-refractivity contribution >= 4 is 21.8 Å². The van der Waals surface area contributed by atoms with Crippen LogP contribution in [0.15, 0.2) is 77.6 Å². The molecule has 0 saturated heterocycles. The largest absolute Gasteiger partial charge is 0.494 e. The molecule has 4 nitrogen and oxygen atoms in total. The molecule has 0 aliphatic rings. The zero-order valence-electron chi connectivity index (χ0n) is 13.2. The van der Waals surface area contributed by atoms with Gasteiger partial charge in [0, 0.05) is 21.9 Å². The van der Waals surface area contributed by atoms with Crippen molar-refractivity contribution in [3.05, 3.63) is 73.2 Å². The van der Waals surface area contributed by atoms with Crippen LogP contribution < -0.4 is 0 Å². The van der Waals surface area contributed by atoms with Crippen molar-refractivity contribution in [1.29, 1.82) is 0 Å². The predicted molar refractivity (Wildman–Crippen MR) is 98.4 cm³/mol. The first-order chi connectivity index (χ1) is 12.3. The van der Waals surface area contributed by atoms with Gasteiger partial charge in [0.25, 0.3) is 0 Å². The molecule has 0 radical (unpaired) electrons. The van der Waals surface area contributed by atoms with E-state index in [0.29, 0.717) is 5.56 Å². The lowest BCUT2D eigenvalue weighted by Crippen LogP contribution is -1.85. The number of nitrogens with one attached hydrogen (secondary N) is 1. The van der Waals surface area contributed by atoms with Crippen LogP contribution in [0, 0.1) is 0 Å². The summed E-state index contributed by atoms with van der Waals surface area (Å²) in [7, 11) is 0. The summed E-state index contributed by atoms with van der Waals surface area (Å²) in [6.45, 7) is 0. The average molecular weight is 326 g/mol. The van der Waals surface area contributed by atoms with Crippen LogP contribution in [-0.4, -0.2) is 15.1 Å². The molecule has 5 rings (SSSR count). The number of aromatic nitrogens is 2. The van der Waals surface area contributed by atoms with Gasteiger partial charge in [-0.1, -0.05) is 30.3 Å². The normalized spacial score (nSPS) is 11.4. The first-order valence-electron chi connectivity index (χ1n) is 8.03. The second-order valence-electron chi connectivity index (χ2n) is 6.01. The van der Waals surface area contributed by atoms with Gasteiger partial charge in [0.2, 0.25) is 0 Å².